The minimum absolute atomic E-state index is 0.0256. The van der Waals surface area contributed by atoms with Gasteiger partial charge in [-0.15, -0.1) is 0 Å². The van der Waals surface area contributed by atoms with Crippen molar-refractivity contribution in [1.29, 1.82) is 0 Å². The third-order valence-electron chi connectivity index (χ3n) is 5.02. The highest BCUT2D eigenvalue weighted by molar-refractivity contribution is 5.76. The van der Waals surface area contributed by atoms with Crippen LogP contribution in [-0.4, -0.2) is 45.6 Å². The van der Waals surface area contributed by atoms with Crippen LogP contribution in [0.15, 0.2) is 23.3 Å². The van der Waals surface area contributed by atoms with Gasteiger partial charge in [0.1, 0.15) is 5.82 Å². The smallest absolute Gasteiger partial charge is 0.262 e. The molecule has 1 saturated heterocycles. The summed E-state index contributed by atoms with van der Waals surface area (Å²) < 4.78 is 1.84. The lowest BCUT2D eigenvalue weighted by molar-refractivity contribution is 0.169. The maximum atomic E-state index is 13.0. The average Bonchev–Trinajstić information content (AvgIpc) is 2.84. The number of fused-ring (bicyclic) bond motifs is 1. The minimum Gasteiger partial charge on any atom is -0.315 e. The average molecular weight is 343 g/mol. The van der Waals surface area contributed by atoms with Gasteiger partial charge in [-0.3, -0.25) is 19.2 Å². The Morgan fingerprint density at radius 3 is 3.00 bits per heavy atom. The first-order chi connectivity index (χ1) is 12.2. The molecule has 136 valence electrons. The lowest BCUT2D eigenvalue weighted by Gasteiger charge is -2.32. The minimum atomic E-state index is 0.0256. The van der Waals surface area contributed by atoms with Gasteiger partial charge in [-0.1, -0.05) is 20.3 Å². The van der Waals surface area contributed by atoms with Crippen LogP contribution < -0.4 is 10.9 Å². The number of aromatic nitrogens is 3. The van der Waals surface area contributed by atoms with E-state index in [0.29, 0.717) is 17.8 Å². The maximum absolute atomic E-state index is 13.0. The fourth-order valence-electron chi connectivity index (χ4n) is 3.80. The van der Waals surface area contributed by atoms with Gasteiger partial charge in [-0.05, 0) is 31.9 Å². The molecule has 0 aliphatic carbocycles. The molecule has 0 bridgehead atoms. The Morgan fingerprint density at radius 1 is 1.40 bits per heavy atom. The standard InChI is InChI=1S/C19H29N5O/c1-4-6-17(23-10-9-21-11-14(3)13-23)18-22-16-7-8-20-12-15(16)19(25)24(18)5-2/h7-8,12,14,17,21H,4-6,9-11,13H2,1-3H3/t14-,17+/m0/s1. The second kappa shape index (κ2) is 8.06. The first-order valence-corrected chi connectivity index (χ1v) is 9.44. The van der Waals surface area contributed by atoms with Crippen molar-refractivity contribution < 1.29 is 0 Å². The summed E-state index contributed by atoms with van der Waals surface area (Å²) in [7, 11) is 0. The molecule has 2 aromatic rings. The van der Waals surface area contributed by atoms with Crippen molar-refractivity contribution >= 4 is 10.9 Å². The summed E-state index contributed by atoms with van der Waals surface area (Å²) in [5, 5.41) is 4.11. The van der Waals surface area contributed by atoms with E-state index >= 15 is 0 Å². The van der Waals surface area contributed by atoms with Gasteiger partial charge < -0.3 is 5.32 Å². The molecule has 0 spiro atoms. The maximum Gasteiger partial charge on any atom is 0.262 e. The Hall–Kier alpha value is -1.79. The molecule has 6 nitrogen and oxygen atoms in total. The second-order valence-electron chi connectivity index (χ2n) is 7.02. The Bertz CT molecular complexity index is 772. The van der Waals surface area contributed by atoms with Crippen molar-refractivity contribution in [2.75, 3.05) is 26.2 Å². The van der Waals surface area contributed by atoms with Crippen LogP contribution in [0.3, 0.4) is 0 Å². The predicted molar refractivity (Wildman–Crippen MR) is 101 cm³/mol. The molecule has 2 atom stereocenters. The van der Waals surface area contributed by atoms with E-state index in [1.165, 1.54) is 0 Å². The van der Waals surface area contributed by atoms with Crippen LogP contribution in [0.25, 0.3) is 10.9 Å². The molecule has 25 heavy (non-hydrogen) atoms. The molecule has 1 aliphatic heterocycles. The molecule has 0 radical (unpaired) electrons. The highest BCUT2D eigenvalue weighted by atomic mass is 16.1. The lowest BCUT2D eigenvalue weighted by atomic mass is 10.1. The van der Waals surface area contributed by atoms with E-state index in [1.807, 2.05) is 17.6 Å². The zero-order valence-electron chi connectivity index (χ0n) is 15.5. The van der Waals surface area contributed by atoms with Gasteiger partial charge in [0.15, 0.2) is 0 Å². The molecule has 3 rings (SSSR count). The van der Waals surface area contributed by atoms with Crippen LogP contribution in [0.1, 0.15) is 45.5 Å². The fourth-order valence-corrected chi connectivity index (χ4v) is 3.80. The molecule has 0 saturated carbocycles. The van der Waals surface area contributed by atoms with Gasteiger partial charge >= 0.3 is 0 Å². The zero-order chi connectivity index (χ0) is 17.8. The summed E-state index contributed by atoms with van der Waals surface area (Å²) in [6, 6.07) is 2.02. The van der Waals surface area contributed by atoms with E-state index in [4.69, 9.17) is 4.98 Å². The number of hydrogen-bond donors (Lipinski definition) is 1. The van der Waals surface area contributed by atoms with Crippen molar-refractivity contribution in [3.8, 4) is 0 Å². The van der Waals surface area contributed by atoms with E-state index in [-0.39, 0.29) is 11.6 Å². The monoisotopic (exact) mass is 343 g/mol. The molecule has 1 N–H and O–H groups in total. The van der Waals surface area contributed by atoms with E-state index in [1.54, 1.807) is 12.4 Å². The first-order valence-electron chi connectivity index (χ1n) is 9.44. The van der Waals surface area contributed by atoms with Gasteiger partial charge in [0, 0.05) is 38.6 Å². The van der Waals surface area contributed by atoms with Crippen LogP contribution in [0.4, 0.5) is 0 Å². The van der Waals surface area contributed by atoms with Crippen molar-refractivity contribution in [2.45, 2.75) is 46.2 Å². The molecule has 1 aliphatic rings. The SMILES string of the molecule is CCC[C@H](c1nc2ccncc2c(=O)n1CC)N1CCNC[C@H](C)C1. The number of hydrogen-bond acceptors (Lipinski definition) is 5. The summed E-state index contributed by atoms with van der Waals surface area (Å²) in [4.78, 5) is 24.5. The van der Waals surface area contributed by atoms with E-state index in [9.17, 15) is 4.79 Å². The molecule has 0 aromatic carbocycles. The summed E-state index contributed by atoms with van der Waals surface area (Å²) in [5.74, 6) is 1.50. The van der Waals surface area contributed by atoms with Crippen LogP contribution in [0.5, 0.6) is 0 Å². The Morgan fingerprint density at radius 2 is 2.24 bits per heavy atom. The molecule has 0 amide bonds. The number of rotatable bonds is 5. The van der Waals surface area contributed by atoms with Crippen LogP contribution in [0, 0.1) is 5.92 Å². The molecule has 1 fully saturated rings. The molecule has 3 heterocycles. The molecular weight excluding hydrogens is 314 g/mol. The highest BCUT2D eigenvalue weighted by Gasteiger charge is 2.27. The molecule has 2 aromatic heterocycles. The lowest BCUT2D eigenvalue weighted by Crippen LogP contribution is -2.38. The van der Waals surface area contributed by atoms with Gasteiger partial charge in [0.2, 0.25) is 0 Å². The normalized spacial score (nSPS) is 20.5. The largest absolute Gasteiger partial charge is 0.315 e. The van der Waals surface area contributed by atoms with E-state index in [2.05, 4.69) is 29.0 Å². The van der Waals surface area contributed by atoms with Crippen molar-refractivity contribution in [3.63, 3.8) is 0 Å². The van der Waals surface area contributed by atoms with Gasteiger partial charge in [0.05, 0.1) is 16.9 Å². The quantitative estimate of drug-likeness (QED) is 0.902. The number of nitrogens with one attached hydrogen (secondary N) is 1. The molecule has 0 unspecified atom stereocenters. The topological polar surface area (TPSA) is 63.1 Å². The predicted octanol–water partition coefficient (Wildman–Crippen LogP) is 2.19. The molecular formula is C19H29N5O. The van der Waals surface area contributed by atoms with E-state index in [0.717, 1.165) is 50.4 Å². The van der Waals surface area contributed by atoms with E-state index < -0.39 is 0 Å². The highest BCUT2D eigenvalue weighted by Crippen LogP contribution is 2.26. The van der Waals surface area contributed by atoms with Crippen molar-refractivity contribution in [1.82, 2.24) is 24.8 Å². The third-order valence-corrected chi connectivity index (χ3v) is 5.02. The summed E-state index contributed by atoms with van der Waals surface area (Å²) in [5.41, 5.74) is 0.777. The summed E-state index contributed by atoms with van der Waals surface area (Å²) in [6.07, 6.45) is 5.42. The van der Waals surface area contributed by atoms with Crippen LogP contribution >= 0.6 is 0 Å². The van der Waals surface area contributed by atoms with Crippen molar-refractivity contribution in [3.05, 3.63) is 34.6 Å². The van der Waals surface area contributed by atoms with Crippen LogP contribution in [-0.2, 0) is 6.54 Å². The Labute approximate surface area is 149 Å². The third kappa shape index (κ3) is 3.75. The summed E-state index contributed by atoms with van der Waals surface area (Å²) in [6.45, 7) is 11.2. The van der Waals surface area contributed by atoms with Gasteiger partial charge in [0.25, 0.3) is 5.56 Å². The fraction of sp³-hybridized carbons (Fsp3) is 0.632. The van der Waals surface area contributed by atoms with Crippen molar-refractivity contribution in [2.24, 2.45) is 5.92 Å². The van der Waals surface area contributed by atoms with Crippen LogP contribution in [0.2, 0.25) is 0 Å². The number of pyridine rings is 1. The second-order valence-corrected chi connectivity index (χ2v) is 7.02. The molecule has 6 heteroatoms. The van der Waals surface area contributed by atoms with Gasteiger partial charge in [-0.2, -0.15) is 0 Å². The first kappa shape index (κ1) is 18.0. The Kier molecular flexibility index (Phi) is 5.81. The number of nitrogens with zero attached hydrogens (tertiary/aromatic N) is 4. The Balaban J connectivity index is 2.10. The summed E-state index contributed by atoms with van der Waals surface area (Å²) >= 11 is 0. The zero-order valence-corrected chi connectivity index (χ0v) is 15.5. The van der Waals surface area contributed by atoms with Gasteiger partial charge in [-0.25, -0.2) is 4.98 Å².